The number of pyridine rings is 1. The Balaban J connectivity index is 1.36. The summed E-state index contributed by atoms with van der Waals surface area (Å²) >= 11 is 0. The molecule has 0 radical (unpaired) electrons. The number of likely N-dealkylation sites (tertiary alicyclic amines) is 1. The summed E-state index contributed by atoms with van der Waals surface area (Å²) in [6.07, 6.45) is 8.06. The number of fused-ring (bicyclic) bond motifs is 1. The van der Waals surface area contributed by atoms with E-state index in [1.54, 1.807) is 38.1 Å². The molecular formula is C27H35N5O4. The van der Waals surface area contributed by atoms with E-state index in [2.05, 4.69) is 15.1 Å². The van der Waals surface area contributed by atoms with E-state index in [0.29, 0.717) is 19.4 Å². The lowest BCUT2D eigenvalue weighted by Crippen LogP contribution is -2.56. The molecular weight excluding hydrogens is 458 g/mol. The van der Waals surface area contributed by atoms with Crippen molar-refractivity contribution in [3.8, 4) is 0 Å². The van der Waals surface area contributed by atoms with Gasteiger partial charge in [-0.25, -0.2) is 11.4 Å². The van der Waals surface area contributed by atoms with Crippen molar-refractivity contribution >= 4 is 17.9 Å². The standard InChI is InChI=1S/C27H35N5O4/c1-26(2,3)36-25(35)30-20-9-5-8-18-10-11-21(32(18)23(20)33)24(34)31-16-19(17-7-6-14-29-15-17)22(28-4)27(31)12-13-27/h6-7,14-15,18-22H,5,8-13,16H2,1-3H3,(H,30,35)/t18-,19+,20-,21-,22+/m0/s1. The molecule has 3 aliphatic heterocycles. The van der Waals surface area contributed by atoms with Crippen molar-refractivity contribution in [1.82, 2.24) is 20.1 Å². The van der Waals surface area contributed by atoms with E-state index in [9.17, 15) is 14.4 Å². The topological polar surface area (TPSA) is 96.2 Å². The molecule has 9 heteroatoms. The molecule has 192 valence electrons. The van der Waals surface area contributed by atoms with Crippen molar-refractivity contribution in [2.75, 3.05) is 6.54 Å². The number of carbonyl (C=O) groups excluding carboxylic acids is 3. The number of amides is 3. The monoisotopic (exact) mass is 493 g/mol. The maximum Gasteiger partial charge on any atom is 0.408 e. The number of ether oxygens (including phenoxy) is 1. The van der Waals surface area contributed by atoms with Gasteiger partial charge in [0, 0.05) is 25.0 Å². The van der Waals surface area contributed by atoms with Gasteiger partial charge in [-0.2, -0.15) is 0 Å². The molecule has 1 aromatic rings. The molecule has 3 amide bonds. The third-order valence-corrected chi connectivity index (χ3v) is 8.19. The minimum atomic E-state index is -0.703. The van der Waals surface area contributed by atoms with Crippen LogP contribution < -0.4 is 5.32 Å². The quantitative estimate of drug-likeness (QED) is 0.652. The summed E-state index contributed by atoms with van der Waals surface area (Å²) in [6, 6.07) is 2.29. The summed E-state index contributed by atoms with van der Waals surface area (Å²) in [5.41, 5.74) is -0.122. The highest BCUT2D eigenvalue weighted by Crippen LogP contribution is 2.56. The number of nitrogens with zero attached hydrogens (tertiary/aromatic N) is 4. The first kappa shape index (κ1) is 24.5. The van der Waals surface area contributed by atoms with Crippen molar-refractivity contribution in [2.45, 2.75) is 107 Å². The summed E-state index contributed by atoms with van der Waals surface area (Å²) in [5, 5.41) is 2.76. The Labute approximate surface area is 212 Å². The van der Waals surface area contributed by atoms with E-state index in [1.165, 1.54) is 0 Å². The van der Waals surface area contributed by atoms with E-state index in [1.807, 2.05) is 17.0 Å². The lowest BCUT2D eigenvalue weighted by atomic mass is 9.92. The number of rotatable bonds is 3. The molecule has 1 aliphatic carbocycles. The normalized spacial score (nSPS) is 30.9. The van der Waals surface area contributed by atoms with Crippen LogP contribution in [0.15, 0.2) is 24.5 Å². The molecule has 1 aromatic heterocycles. The van der Waals surface area contributed by atoms with Crippen LogP contribution in [-0.2, 0) is 14.3 Å². The predicted octanol–water partition coefficient (Wildman–Crippen LogP) is 3.26. The minimum Gasteiger partial charge on any atom is -0.444 e. The van der Waals surface area contributed by atoms with Gasteiger partial charge < -0.3 is 24.7 Å². The van der Waals surface area contributed by atoms with Crippen LogP contribution in [0, 0.1) is 6.57 Å². The Hall–Kier alpha value is -3.15. The number of aromatic nitrogens is 1. The zero-order valence-electron chi connectivity index (χ0n) is 21.3. The van der Waals surface area contributed by atoms with Crippen LogP contribution in [0.1, 0.15) is 77.2 Å². The van der Waals surface area contributed by atoms with E-state index in [4.69, 9.17) is 11.3 Å². The summed E-state index contributed by atoms with van der Waals surface area (Å²) in [7, 11) is 0. The first-order valence-electron chi connectivity index (χ1n) is 13.0. The van der Waals surface area contributed by atoms with Crippen LogP contribution in [0.5, 0.6) is 0 Å². The molecule has 4 aliphatic rings. The fourth-order valence-electron chi connectivity index (χ4n) is 6.48. The lowest BCUT2D eigenvalue weighted by molar-refractivity contribution is -0.147. The van der Waals surface area contributed by atoms with Crippen molar-refractivity contribution < 1.29 is 19.1 Å². The number of nitrogens with one attached hydrogen (secondary N) is 1. The molecule has 36 heavy (non-hydrogen) atoms. The molecule has 5 rings (SSSR count). The van der Waals surface area contributed by atoms with Gasteiger partial charge in [0.1, 0.15) is 23.2 Å². The molecule has 0 aromatic carbocycles. The van der Waals surface area contributed by atoms with E-state index in [0.717, 1.165) is 37.7 Å². The molecule has 4 fully saturated rings. The second kappa shape index (κ2) is 9.06. The molecule has 1 N–H and O–H groups in total. The molecule has 3 saturated heterocycles. The highest BCUT2D eigenvalue weighted by atomic mass is 16.6. The Morgan fingerprint density at radius 1 is 1.22 bits per heavy atom. The largest absolute Gasteiger partial charge is 0.444 e. The van der Waals surface area contributed by atoms with Gasteiger partial charge in [-0.1, -0.05) is 6.07 Å². The molecule has 1 saturated carbocycles. The lowest BCUT2D eigenvalue weighted by Gasteiger charge is -2.34. The fourth-order valence-corrected chi connectivity index (χ4v) is 6.48. The Morgan fingerprint density at radius 2 is 2.00 bits per heavy atom. The molecule has 1 spiro atoms. The third-order valence-electron chi connectivity index (χ3n) is 8.19. The summed E-state index contributed by atoms with van der Waals surface area (Å²) in [4.78, 5) is 52.1. The smallest absolute Gasteiger partial charge is 0.408 e. The van der Waals surface area contributed by atoms with Gasteiger partial charge in [0.15, 0.2) is 0 Å². The van der Waals surface area contributed by atoms with E-state index in [-0.39, 0.29) is 29.8 Å². The second-order valence-electron chi connectivity index (χ2n) is 11.6. The summed E-state index contributed by atoms with van der Waals surface area (Å²) in [6.45, 7) is 13.7. The molecule has 4 heterocycles. The summed E-state index contributed by atoms with van der Waals surface area (Å²) < 4.78 is 5.38. The average Bonchev–Trinajstić information content (AvgIpc) is 3.42. The van der Waals surface area contributed by atoms with Crippen LogP contribution in [-0.4, -0.2) is 74.5 Å². The van der Waals surface area contributed by atoms with Crippen molar-refractivity contribution in [2.24, 2.45) is 0 Å². The molecule has 9 nitrogen and oxygen atoms in total. The van der Waals surface area contributed by atoms with Crippen molar-refractivity contribution in [3.63, 3.8) is 0 Å². The maximum atomic E-state index is 14.1. The highest BCUT2D eigenvalue weighted by Gasteiger charge is 2.68. The van der Waals surface area contributed by atoms with Gasteiger partial charge in [0.2, 0.25) is 11.8 Å². The van der Waals surface area contributed by atoms with Gasteiger partial charge in [0.25, 0.3) is 6.04 Å². The zero-order chi connectivity index (χ0) is 25.7. The molecule has 0 bridgehead atoms. The second-order valence-corrected chi connectivity index (χ2v) is 11.6. The number of carbonyl (C=O) groups is 3. The average molecular weight is 494 g/mol. The van der Waals surface area contributed by atoms with Gasteiger partial charge in [-0.3, -0.25) is 14.6 Å². The maximum absolute atomic E-state index is 14.1. The summed E-state index contributed by atoms with van der Waals surface area (Å²) in [5.74, 6) is -0.337. The van der Waals surface area contributed by atoms with Gasteiger partial charge in [-0.15, -0.1) is 0 Å². The van der Waals surface area contributed by atoms with Gasteiger partial charge in [0.05, 0.1) is 5.92 Å². The SMILES string of the molecule is [C-]#[N+][C@@H]1[C@@H](c2cccnc2)CN(C(=O)[C@@H]2CC[C@@H]3CCC[C@H](NC(=O)OC(C)(C)C)C(=O)N32)C12CC2. The number of hydrogen-bond donors (Lipinski definition) is 1. The third kappa shape index (κ3) is 4.31. The fraction of sp³-hybridized carbons (Fsp3) is 0.667. The van der Waals surface area contributed by atoms with E-state index < -0.39 is 29.3 Å². The van der Waals surface area contributed by atoms with Crippen LogP contribution in [0.4, 0.5) is 4.79 Å². The predicted molar refractivity (Wildman–Crippen MR) is 132 cm³/mol. The molecule has 5 atom stereocenters. The Kier molecular flexibility index (Phi) is 6.17. The van der Waals surface area contributed by atoms with Crippen LogP contribution >= 0.6 is 0 Å². The van der Waals surface area contributed by atoms with Crippen LogP contribution in [0.3, 0.4) is 0 Å². The number of hydrogen-bond acceptors (Lipinski definition) is 5. The first-order chi connectivity index (χ1) is 17.1. The van der Waals surface area contributed by atoms with Crippen molar-refractivity contribution in [3.05, 3.63) is 41.5 Å². The van der Waals surface area contributed by atoms with E-state index >= 15 is 0 Å². The Bertz CT molecular complexity index is 1070. The van der Waals surface area contributed by atoms with Crippen LogP contribution in [0.2, 0.25) is 0 Å². The number of alkyl carbamates (subject to hydrolysis) is 1. The van der Waals surface area contributed by atoms with Gasteiger partial charge >= 0.3 is 6.09 Å². The van der Waals surface area contributed by atoms with Crippen molar-refractivity contribution in [1.29, 1.82) is 0 Å². The minimum absolute atomic E-state index is 0.000391. The zero-order valence-corrected chi connectivity index (χ0v) is 21.3. The van der Waals surface area contributed by atoms with Gasteiger partial charge in [-0.05, 0) is 77.3 Å². The van der Waals surface area contributed by atoms with Crippen LogP contribution in [0.25, 0.3) is 4.85 Å². The Morgan fingerprint density at radius 3 is 2.64 bits per heavy atom. The molecule has 0 unspecified atom stereocenters. The first-order valence-corrected chi connectivity index (χ1v) is 13.0. The highest BCUT2D eigenvalue weighted by molar-refractivity contribution is 5.93.